The molecule has 0 bridgehead atoms. The van der Waals surface area contributed by atoms with E-state index in [1.165, 1.54) is 31.4 Å². The average Bonchev–Trinajstić information content (AvgIpc) is 3.20. The predicted octanol–water partition coefficient (Wildman–Crippen LogP) is 3.93. The van der Waals surface area contributed by atoms with Gasteiger partial charge in [-0.1, -0.05) is 36.8 Å². The molecule has 0 radical (unpaired) electrons. The van der Waals surface area contributed by atoms with Crippen LogP contribution in [-0.4, -0.2) is 51.1 Å². The third-order valence-electron chi connectivity index (χ3n) is 6.53. The van der Waals surface area contributed by atoms with E-state index < -0.39 is 0 Å². The normalized spacial score (nSPS) is 17.2. The highest BCUT2D eigenvalue weighted by molar-refractivity contribution is 5.99. The Morgan fingerprint density at radius 2 is 2.00 bits per heavy atom. The molecule has 1 fully saturated rings. The van der Waals surface area contributed by atoms with Crippen LogP contribution in [0.1, 0.15) is 65.5 Å². The lowest BCUT2D eigenvalue weighted by molar-refractivity contribution is 0.0950. The molecular weight excluding hydrogens is 386 g/mol. The van der Waals surface area contributed by atoms with Crippen molar-refractivity contribution in [2.75, 3.05) is 19.6 Å². The highest BCUT2D eigenvalue weighted by Gasteiger charge is 2.19. The number of nitrogens with one attached hydrogen (secondary N) is 1. The topological polar surface area (TPSA) is 62.5 Å². The molecule has 3 heterocycles. The number of aryl methyl sites for hydroxylation is 2. The maximum absolute atomic E-state index is 12.8. The van der Waals surface area contributed by atoms with Crippen LogP contribution in [0.25, 0.3) is 5.65 Å². The third kappa shape index (κ3) is 4.79. The number of aromatic nitrogens is 3. The maximum atomic E-state index is 12.8. The van der Waals surface area contributed by atoms with Gasteiger partial charge in [-0.3, -0.25) is 4.79 Å². The quantitative estimate of drug-likeness (QED) is 0.590. The number of benzene rings is 1. The largest absolute Gasteiger partial charge is 0.352 e. The predicted molar refractivity (Wildman–Crippen MR) is 124 cm³/mol. The number of carbonyl (C=O) groups excluding carboxylic acids is 1. The van der Waals surface area contributed by atoms with Crippen LogP contribution in [0.2, 0.25) is 0 Å². The second-order valence-electron chi connectivity index (χ2n) is 8.71. The van der Waals surface area contributed by atoms with Gasteiger partial charge in [-0.25, -0.2) is 9.50 Å². The molecule has 3 aromatic rings. The molecule has 1 amide bonds. The standard InChI is InChI=1S/C25H33N5O/c1-18-10-7-8-14-29(18)15-9-13-26-25(31)23-17-27-30-20(3)22(19(2)28-24(23)30)16-21-11-5-4-6-12-21/h4-6,11-12,17-18H,7-10,13-16H2,1-3H3,(H,26,31). The van der Waals surface area contributed by atoms with Crippen LogP contribution in [0.5, 0.6) is 0 Å². The second-order valence-corrected chi connectivity index (χ2v) is 8.71. The molecule has 2 aromatic heterocycles. The fraction of sp³-hybridized carbons (Fsp3) is 0.480. The van der Waals surface area contributed by atoms with Crippen LogP contribution in [-0.2, 0) is 6.42 Å². The van der Waals surface area contributed by atoms with Crippen molar-refractivity contribution in [3.63, 3.8) is 0 Å². The highest BCUT2D eigenvalue weighted by Crippen LogP contribution is 2.20. The number of carbonyl (C=O) groups is 1. The van der Waals surface area contributed by atoms with Gasteiger partial charge >= 0.3 is 0 Å². The van der Waals surface area contributed by atoms with E-state index in [0.717, 1.165) is 36.3 Å². The van der Waals surface area contributed by atoms with Gasteiger partial charge in [-0.2, -0.15) is 5.10 Å². The number of rotatable bonds is 7. The highest BCUT2D eigenvalue weighted by atomic mass is 16.1. The van der Waals surface area contributed by atoms with Gasteiger partial charge in [0.25, 0.3) is 5.91 Å². The summed E-state index contributed by atoms with van der Waals surface area (Å²) in [5.74, 6) is -0.0937. The van der Waals surface area contributed by atoms with Gasteiger partial charge in [-0.15, -0.1) is 0 Å². The first-order valence-electron chi connectivity index (χ1n) is 11.4. The van der Waals surface area contributed by atoms with Crippen molar-refractivity contribution < 1.29 is 4.79 Å². The summed E-state index contributed by atoms with van der Waals surface area (Å²) in [6, 6.07) is 11.0. The Morgan fingerprint density at radius 3 is 2.77 bits per heavy atom. The minimum Gasteiger partial charge on any atom is -0.352 e. The van der Waals surface area contributed by atoms with Crippen LogP contribution >= 0.6 is 0 Å². The summed E-state index contributed by atoms with van der Waals surface area (Å²) in [5.41, 5.74) is 5.55. The fourth-order valence-corrected chi connectivity index (χ4v) is 4.60. The van der Waals surface area contributed by atoms with Gasteiger partial charge in [0.05, 0.1) is 6.20 Å². The Hall–Kier alpha value is -2.73. The van der Waals surface area contributed by atoms with Crippen molar-refractivity contribution in [1.29, 1.82) is 0 Å². The minimum atomic E-state index is -0.0937. The van der Waals surface area contributed by atoms with Gasteiger partial charge in [0.2, 0.25) is 0 Å². The third-order valence-corrected chi connectivity index (χ3v) is 6.53. The van der Waals surface area contributed by atoms with Gasteiger partial charge in [0, 0.05) is 36.9 Å². The lowest BCUT2D eigenvalue weighted by Gasteiger charge is -2.33. The van der Waals surface area contributed by atoms with E-state index in [1.54, 1.807) is 10.7 Å². The van der Waals surface area contributed by atoms with E-state index in [2.05, 4.69) is 41.3 Å². The van der Waals surface area contributed by atoms with Crippen LogP contribution in [0, 0.1) is 13.8 Å². The summed E-state index contributed by atoms with van der Waals surface area (Å²) in [6.07, 6.45) is 7.31. The van der Waals surface area contributed by atoms with E-state index >= 15 is 0 Å². The fourth-order valence-electron chi connectivity index (χ4n) is 4.60. The molecule has 1 N–H and O–H groups in total. The van der Waals surface area contributed by atoms with Gasteiger partial charge in [0.15, 0.2) is 5.65 Å². The maximum Gasteiger partial charge on any atom is 0.256 e. The molecule has 1 aliphatic heterocycles. The van der Waals surface area contributed by atoms with Gasteiger partial charge < -0.3 is 10.2 Å². The SMILES string of the molecule is Cc1nc2c(C(=O)NCCCN3CCCCC3C)cnn2c(C)c1Cc1ccccc1. The second kappa shape index (κ2) is 9.60. The Balaban J connectivity index is 1.43. The van der Waals surface area contributed by atoms with Gasteiger partial charge in [0.1, 0.15) is 5.56 Å². The first kappa shape index (κ1) is 21.5. The average molecular weight is 420 g/mol. The molecule has 1 saturated heterocycles. The van der Waals surface area contributed by atoms with Crippen LogP contribution in [0.3, 0.4) is 0 Å². The molecule has 1 unspecified atom stereocenters. The number of hydrogen-bond acceptors (Lipinski definition) is 4. The lowest BCUT2D eigenvalue weighted by Crippen LogP contribution is -2.39. The Kier molecular flexibility index (Phi) is 6.66. The summed E-state index contributed by atoms with van der Waals surface area (Å²) in [4.78, 5) is 20.1. The zero-order valence-corrected chi connectivity index (χ0v) is 18.9. The van der Waals surface area contributed by atoms with Crippen molar-refractivity contribution in [1.82, 2.24) is 24.8 Å². The first-order valence-corrected chi connectivity index (χ1v) is 11.4. The molecule has 4 rings (SSSR count). The number of likely N-dealkylation sites (tertiary alicyclic amines) is 1. The zero-order valence-electron chi connectivity index (χ0n) is 18.9. The van der Waals surface area contributed by atoms with E-state index in [1.807, 2.05) is 25.1 Å². The van der Waals surface area contributed by atoms with Crippen molar-refractivity contribution in [2.45, 2.75) is 58.9 Å². The molecule has 1 aliphatic rings. The summed E-state index contributed by atoms with van der Waals surface area (Å²) in [7, 11) is 0. The zero-order chi connectivity index (χ0) is 21.8. The summed E-state index contributed by atoms with van der Waals surface area (Å²) < 4.78 is 1.80. The summed E-state index contributed by atoms with van der Waals surface area (Å²) >= 11 is 0. The molecule has 0 aliphatic carbocycles. The Labute approximate surface area is 184 Å². The lowest BCUT2D eigenvalue weighted by atomic mass is 10.0. The van der Waals surface area contributed by atoms with Crippen molar-refractivity contribution in [3.8, 4) is 0 Å². The van der Waals surface area contributed by atoms with E-state index in [0.29, 0.717) is 23.8 Å². The number of hydrogen-bond donors (Lipinski definition) is 1. The van der Waals surface area contributed by atoms with Crippen molar-refractivity contribution in [2.24, 2.45) is 0 Å². The number of nitrogens with zero attached hydrogens (tertiary/aromatic N) is 4. The first-order chi connectivity index (χ1) is 15.0. The molecule has 1 atom stereocenters. The smallest absolute Gasteiger partial charge is 0.256 e. The molecule has 1 aromatic carbocycles. The van der Waals surface area contributed by atoms with E-state index in [-0.39, 0.29) is 5.91 Å². The molecule has 164 valence electrons. The van der Waals surface area contributed by atoms with Crippen LogP contribution in [0.15, 0.2) is 36.5 Å². The molecule has 0 saturated carbocycles. The number of piperidine rings is 1. The summed E-state index contributed by atoms with van der Waals surface area (Å²) in [6.45, 7) is 9.25. The van der Waals surface area contributed by atoms with E-state index in [9.17, 15) is 4.79 Å². The van der Waals surface area contributed by atoms with Gasteiger partial charge in [-0.05, 0) is 57.7 Å². The molecule has 6 heteroatoms. The number of fused-ring (bicyclic) bond motifs is 1. The molecule has 6 nitrogen and oxygen atoms in total. The number of amides is 1. The van der Waals surface area contributed by atoms with Crippen molar-refractivity contribution >= 4 is 11.6 Å². The Morgan fingerprint density at radius 1 is 1.19 bits per heavy atom. The van der Waals surface area contributed by atoms with Crippen molar-refractivity contribution in [3.05, 3.63) is 64.6 Å². The Bertz CT molecular complexity index is 1040. The monoisotopic (exact) mass is 419 g/mol. The van der Waals surface area contributed by atoms with Crippen LogP contribution in [0.4, 0.5) is 0 Å². The molecule has 0 spiro atoms. The summed E-state index contributed by atoms with van der Waals surface area (Å²) in [5, 5.41) is 7.55. The molecular formula is C25H33N5O. The molecule has 31 heavy (non-hydrogen) atoms. The minimum absolute atomic E-state index is 0.0937. The van der Waals surface area contributed by atoms with E-state index in [4.69, 9.17) is 4.98 Å². The van der Waals surface area contributed by atoms with Crippen LogP contribution < -0.4 is 5.32 Å².